The maximum Gasteiger partial charge on any atom is 0.179 e. The molecule has 3 rings (SSSR count). The molecule has 0 radical (unpaired) electrons. The highest BCUT2D eigenvalue weighted by atomic mass is 35.5. The molecule has 0 spiro atoms. The molecular weight excluding hydrogens is 276 g/mol. The average Bonchev–Trinajstić information content (AvgIpc) is 2.81. The van der Waals surface area contributed by atoms with Crippen molar-refractivity contribution in [3.63, 3.8) is 0 Å². The fourth-order valence-electron chi connectivity index (χ4n) is 3.16. The van der Waals surface area contributed by atoms with E-state index in [1.807, 2.05) is 12.1 Å². The average molecular weight is 297 g/mol. The van der Waals surface area contributed by atoms with Gasteiger partial charge in [0.15, 0.2) is 11.5 Å². The fraction of sp³-hybridized carbons (Fsp3) is 0.600. The van der Waals surface area contributed by atoms with Gasteiger partial charge < -0.3 is 15.2 Å². The van der Waals surface area contributed by atoms with Crippen LogP contribution in [0.4, 0.5) is 0 Å². The van der Waals surface area contributed by atoms with Crippen LogP contribution in [-0.2, 0) is 0 Å². The molecule has 1 aromatic carbocycles. The van der Waals surface area contributed by atoms with Crippen LogP contribution in [0.15, 0.2) is 12.1 Å². The van der Waals surface area contributed by atoms with Crippen LogP contribution in [0.25, 0.3) is 0 Å². The molecule has 2 aliphatic rings. The summed E-state index contributed by atoms with van der Waals surface area (Å²) < 4.78 is 11.2. The second kappa shape index (κ2) is 5.43. The molecule has 4 nitrogen and oxygen atoms in total. The van der Waals surface area contributed by atoms with Crippen molar-refractivity contribution in [1.29, 1.82) is 0 Å². The van der Waals surface area contributed by atoms with E-state index in [9.17, 15) is 0 Å². The van der Waals surface area contributed by atoms with Crippen molar-refractivity contribution >= 4 is 11.6 Å². The Balaban J connectivity index is 1.99. The lowest BCUT2D eigenvalue weighted by atomic mass is 9.99. The number of halogens is 1. The Bertz CT molecular complexity index is 507. The molecule has 1 aromatic rings. The normalized spacial score (nSPS) is 26.2. The van der Waals surface area contributed by atoms with Crippen LogP contribution in [0, 0.1) is 0 Å². The zero-order valence-electron chi connectivity index (χ0n) is 11.9. The zero-order chi connectivity index (χ0) is 14.3. The number of rotatable bonds is 2. The summed E-state index contributed by atoms with van der Waals surface area (Å²) in [7, 11) is 0. The Morgan fingerprint density at radius 1 is 1.30 bits per heavy atom. The summed E-state index contributed by atoms with van der Waals surface area (Å²) in [4.78, 5) is 2.42. The summed E-state index contributed by atoms with van der Waals surface area (Å²) in [6.07, 6.45) is 1.01. The first-order valence-electron chi connectivity index (χ1n) is 7.18. The van der Waals surface area contributed by atoms with Crippen LogP contribution in [0.2, 0.25) is 5.02 Å². The Hall–Kier alpha value is -0.970. The van der Waals surface area contributed by atoms with Crippen molar-refractivity contribution in [3.05, 3.63) is 22.7 Å². The summed E-state index contributed by atoms with van der Waals surface area (Å²) in [5, 5.41) is 0.611. The number of nitrogens with zero attached hydrogens (tertiary/aromatic N) is 1. The van der Waals surface area contributed by atoms with E-state index < -0.39 is 0 Å². The molecule has 110 valence electrons. The molecule has 2 heterocycles. The number of hydrogen-bond donors (Lipinski definition) is 1. The van der Waals surface area contributed by atoms with E-state index in [0.29, 0.717) is 30.0 Å². The van der Waals surface area contributed by atoms with E-state index in [1.165, 1.54) is 0 Å². The number of hydrogen-bond acceptors (Lipinski definition) is 4. The third-order valence-corrected chi connectivity index (χ3v) is 4.39. The molecule has 2 aliphatic heterocycles. The number of ether oxygens (including phenoxy) is 2. The lowest BCUT2D eigenvalue weighted by Gasteiger charge is -2.31. The summed E-state index contributed by atoms with van der Waals surface area (Å²) >= 11 is 6.34. The van der Waals surface area contributed by atoms with Gasteiger partial charge in [0, 0.05) is 18.6 Å². The topological polar surface area (TPSA) is 47.7 Å². The van der Waals surface area contributed by atoms with Gasteiger partial charge in [-0.2, -0.15) is 0 Å². The smallest absolute Gasteiger partial charge is 0.179 e. The number of nitrogens with two attached hydrogens (primary N) is 1. The molecule has 0 bridgehead atoms. The van der Waals surface area contributed by atoms with Gasteiger partial charge in [0.1, 0.15) is 13.2 Å². The number of fused-ring (bicyclic) bond motifs is 1. The van der Waals surface area contributed by atoms with Gasteiger partial charge in [-0.1, -0.05) is 11.6 Å². The molecule has 20 heavy (non-hydrogen) atoms. The Kier molecular flexibility index (Phi) is 3.80. The highest BCUT2D eigenvalue weighted by Gasteiger charge is 2.35. The summed E-state index contributed by atoms with van der Waals surface area (Å²) in [5.74, 6) is 1.39. The quantitative estimate of drug-likeness (QED) is 0.911. The summed E-state index contributed by atoms with van der Waals surface area (Å²) in [5.41, 5.74) is 7.43. The van der Waals surface area contributed by atoms with Crippen LogP contribution in [0.1, 0.15) is 31.9 Å². The molecule has 0 aliphatic carbocycles. The first kappa shape index (κ1) is 14.0. The van der Waals surface area contributed by atoms with E-state index in [1.54, 1.807) is 0 Å². The van der Waals surface area contributed by atoms with Gasteiger partial charge >= 0.3 is 0 Å². The minimum absolute atomic E-state index is 0.135. The highest BCUT2D eigenvalue weighted by molar-refractivity contribution is 6.32. The molecule has 0 aromatic heterocycles. The van der Waals surface area contributed by atoms with Gasteiger partial charge in [-0.25, -0.2) is 0 Å². The molecule has 2 unspecified atom stereocenters. The molecule has 0 saturated carbocycles. The first-order valence-corrected chi connectivity index (χ1v) is 7.56. The largest absolute Gasteiger partial charge is 0.486 e. The predicted molar refractivity (Wildman–Crippen MR) is 79.6 cm³/mol. The number of likely N-dealkylation sites (tertiary alicyclic amines) is 1. The lowest BCUT2D eigenvalue weighted by Crippen LogP contribution is -2.36. The van der Waals surface area contributed by atoms with Crippen LogP contribution in [-0.4, -0.2) is 36.7 Å². The molecule has 2 atom stereocenters. The molecule has 1 saturated heterocycles. The monoisotopic (exact) mass is 296 g/mol. The minimum Gasteiger partial charge on any atom is -0.486 e. The molecule has 0 amide bonds. The van der Waals surface area contributed by atoms with E-state index in [2.05, 4.69) is 18.7 Å². The maximum atomic E-state index is 6.34. The lowest BCUT2D eigenvalue weighted by molar-refractivity contribution is 0.169. The summed E-state index contributed by atoms with van der Waals surface area (Å²) in [6, 6.07) is 4.80. The second-order valence-corrected chi connectivity index (χ2v) is 6.16. The summed E-state index contributed by atoms with van der Waals surface area (Å²) in [6.45, 7) is 6.54. The van der Waals surface area contributed by atoms with Crippen LogP contribution in [0.5, 0.6) is 11.5 Å². The van der Waals surface area contributed by atoms with Gasteiger partial charge in [0.05, 0.1) is 11.1 Å². The van der Waals surface area contributed by atoms with Crippen molar-refractivity contribution in [3.8, 4) is 11.5 Å². The third-order valence-electron chi connectivity index (χ3n) is 4.11. The van der Waals surface area contributed by atoms with Gasteiger partial charge in [0.2, 0.25) is 0 Å². The maximum absolute atomic E-state index is 6.34. The van der Waals surface area contributed by atoms with Crippen LogP contribution >= 0.6 is 11.6 Å². The van der Waals surface area contributed by atoms with Crippen molar-refractivity contribution in [2.45, 2.75) is 38.4 Å². The van der Waals surface area contributed by atoms with Crippen molar-refractivity contribution in [2.75, 3.05) is 19.8 Å². The highest BCUT2D eigenvalue weighted by Crippen LogP contribution is 2.42. The van der Waals surface area contributed by atoms with Gasteiger partial charge in [-0.15, -0.1) is 0 Å². The zero-order valence-corrected chi connectivity index (χ0v) is 12.7. The molecule has 1 fully saturated rings. The van der Waals surface area contributed by atoms with Gasteiger partial charge in [-0.05, 0) is 38.0 Å². The Labute approximate surface area is 124 Å². The van der Waals surface area contributed by atoms with Crippen molar-refractivity contribution in [2.24, 2.45) is 5.73 Å². The second-order valence-electron chi connectivity index (χ2n) is 5.76. The van der Waals surface area contributed by atoms with E-state index in [-0.39, 0.29) is 12.1 Å². The van der Waals surface area contributed by atoms with E-state index >= 15 is 0 Å². The molecular formula is C15H21ClN2O2. The van der Waals surface area contributed by atoms with Gasteiger partial charge in [0.25, 0.3) is 0 Å². The Morgan fingerprint density at radius 3 is 2.80 bits per heavy atom. The van der Waals surface area contributed by atoms with Crippen LogP contribution in [0.3, 0.4) is 0 Å². The third kappa shape index (κ3) is 2.36. The molecule has 2 N–H and O–H groups in total. The molecule has 5 heteroatoms. The van der Waals surface area contributed by atoms with Gasteiger partial charge in [-0.3, -0.25) is 4.90 Å². The minimum atomic E-state index is 0.135. The van der Waals surface area contributed by atoms with Crippen LogP contribution < -0.4 is 15.2 Å². The first-order chi connectivity index (χ1) is 9.58. The van der Waals surface area contributed by atoms with E-state index in [0.717, 1.165) is 24.3 Å². The van der Waals surface area contributed by atoms with Crippen molar-refractivity contribution < 1.29 is 9.47 Å². The Morgan fingerprint density at radius 2 is 2.05 bits per heavy atom. The SMILES string of the molecule is CC(C)N1CCC(N)C1c1cc(Cl)c2c(c1)OCCO2. The fourth-order valence-corrected chi connectivity index (χ4v) is 3.43. The van der Waals surface area contributed by atoms with E-state index in [4.69, 9.17) is 26.8 Å². The van der Waals surface area contributed by atoms with Crippen molar-refractivity contribution in [1.82, 2.24) is 4.90 Å². The number of benzene rings is 1. The standard InChI is InChI=1S/C15H21ClN2O2/c1-9(2)18-4-3-12(17)14(18)10-7-11(16)15-13(8-10)19-5-6-20-15/h7-9,12,14H,3-6,17H2,1-2H3. The predicted octanol–water partition coefficient (Wildman–Crippen LogP) is 2.59.